The fraction of sp³-hybridized carbons (Fsp3) is 0.538. The fourth-order valence-electron chi connectivity index (χ4n) is 1.85. The van der Waals surface area contributed by atoms with Gasteiger partial charge in [0.1, 0.15) is 5.69 Å². The Hall–Kier alpha value is -1.82. The van der Waals surface area contributed by atoms with Crippen LogP contribution in [0.2, 0.25) is 0 Å². The van der Waals surface area contributed by atoms with Gasteiger partial charge in [-0.15, -0.1) is 0 Å². The molecule has 19 heavy (non-hydrogen) atoms. The normalized spacial score (nSPS) is 10.3. The number of esters is 1. The highest BCUT2D eigenvalue weighted by Crippen LogP contribution is 2.18. The second-order valence-corrected chi connectivity index (χ2v) is 4.09. The Morgan fingerprint density at radius 3 is 2.58 bits per heavy atom. The molecule has 0 saturated carbocycles. The summed E-state index contributed by atoms with van der Waals surface area (Å²) in [7, 11) is 1.57. The molecule has 0 aromatic carbocycles. The number of aromatic nitrogens is 1. The minimum Gasteiger partial charge on any atom is -0.461 e. The number of aromatic amines is 1. The van der Waals surface area contributed by atoms with Crippen LogP contribution in [0.15, 0.2) is 0 Å². The second-order valence-electron chi connectivity index (χ2n) is 4.09. The molecular weight excluding hydrogens is 248 g/mol. The van der Waals surface area contributed by atoms with E-state index in [2.05, 4.69) is 10.3 Å². The number of H-pyrrole nitrogens is 1. The van der Waals surface area contributed by atoms with Crippen molar-refractivity contribution in [1.29, 1.82) is 0 Å². The molecule has 0 aliphatic rings. The lowest BCUT2D eigenvalue weighted by molar-refractivity contribution is 0.0519. The molecule has 0 unspecified atom stereocenters. The summed E-state index contributed by atoms with van der Waals surface area (Å²) in [5.74, 6) is -0.669. The smallest absolute Gasteiger partial charge is 0.355 e. The van der Waals surface area contributed by atoms with Gasteiger partial charge in [-0.05, 0) is 26.3 Å². The molecule has 0 aliphatic heterocycles. The molecule has 1 rings (SSSR count). The van der Waals surface area contributed by atoms with Crippen molar-refractivity contribution in [3.8, 4) is 0 Å². The first-order chi connectivity index (χ1) is 9.02. The maximum absolute atomic E-state index is 12.0. The van der Waals surface area contributed by atoms with Crippen molar-refractivity contribution in [2.75, 3.05) is 26.9 Å². The number of amides is 1. The summed E-state index contributed by atoms with van der Waals surface area (Å²) >= 11 is 0. The Bertz CT molecular complexity index is 465. The molecule has 0 spiro atoms. The van der Waals surface area contributed by atoms with Gasteiger partial charge in [0.25, 0.3) is 5.91 Å². The van der Waals surface area contributed by atoms with Gasteiger partial charge in [0.05, 0.1) is 18.8 Å². The van der Waals surface area contributed by atoms with Crippen LogP contribution in [-0.4, -0.2) is 43.7 Å². The Morgan fingerprint density at radius 2 is 2.00 bits per heavy atom. The number of nitrogens with one attached hydrogen (secondary N) is 2. The van der Waals surface area contributed by atoms with Gasteiger partial charge >= 0.3 is 5.97 Å². The van der Waals surface area contributed by atoms with E-state index >= 15 is 0 Å². The number of hydrogen-bond acceptors (Lipinski definition) is 4. The number of ether oxygens (including phenoxy) is 2. The average molecular weight is 268 g/mol. The molecule has 0 fully saturated rings. The average Bonchev–Trinajstić information content (AvgIpc) is 2.65. The number of aryl methyl sites for hydroxylation is 1. The van der Waals surface area contributed by atoms with E-state index in [1.165, 1.54) is 0 Å². The van der Waals surface area contributed by atoms with Crippen molar-refractivity contribution in [3.63, 3.8) is 0 Å². The quantitative estimate of drug-likeness (QED) is 0.600. The molecule has 0 bridgehead atoms. The van der Waals surface area contributed by atoms with Crippen LogP contribution < -0.4 is 5.32 Å². The Kier molecular flexibility index (Phi) is 5.57. The molecule has 2 N–H and O–H groups in total. The van der Waals surface area contributed by atoms with Crippen LogP contribution in [0.4, 0.5) is 0 Å². The number of methoxy groups -OCH3 is 1. The van der Waals surface area contributed by atoms with E-state index in [1.54, 1.807) is 27.9 Å². The standard InChI is InChI=1S/C13H20N2O4/c1-5-19-13(17)11-8(2)10(9(3)15-11)12(16)14-6-7-18-4/h15H,5-7H2,1-4H3,(H,14,16). The van der Waals surface area contributed by atoms with Gasteiger partial charge in [-0.25, -0.2) is 4.79 Å². The summed E-state index contributed by atoms with van der Waals surface area (Å²) in [6.07, 6.45) is 0. The van der Waals surface area contributed by atoms with Crippen molar-refractivity contribution >= 4 is 11.9 Å². The maximum atomic E-state index is 12.0. The number of rotatable bonds is 6. The van der Waals surface area contributed by atoms with E-state index in [4.69, 9.17) is 9.47 Å². The van der Waals surface area contributed by atoms with Gasteiger partial charge in [-0.3, -0.25) is 4.79 Å². The first-order valence-corrected chi connectivity index (χ1v) is 6.16. The van der Waals surface area contributed by atoms with Gasteiger partial charge in [0.15, 0.2) is 0 Å². The van der Waals surface area contributed by atoms with Crippen LogP contribution in [0.1, 0.15) is 39.0 Å². The Labute approximate surface area is 112 Å². The number of carbonyl (C=O) groups is 2. The lowest BCUT2D eigenvalue weighted by Crippen LogP contribution is -2.27. The molecule has 106 valence electrons. The van der Waals surface area contributed by atoms with Gasteiger partial charge in [-0.2, -0.15) is 0 Å². The highest BCUT2D eigenvalue weighted by molar-refractivity contribution is 6.01. The summed E-state index contributed by atoms with van der Waals surface area (Å²) in [4.78, 5) is 26.6. The van der Waals surface area contributed by atoms with Crippen molar-refractivity contribution in [1.82, 2.24) is 10.3 Å². The molecule has 1 aromatic heterocycles. The predicted octanol–water partition coefficient (Wildman–Crippen LogP) is 1.18. The first-order valence-electron chi connectivity index (χ1n) is 6.16. The van der Waals surface area contributed by atoms with Gasteiger partial charge in [0, 0.05) is 19.3 Å². The minimum absolute atomic E-state index is 0.223. The van der Waals surface area contributed by atoms with E-state index in [-0.39, 0.29) is 5.91 Å². The van der Waals surface area contributed by atoms with E-state index in [0.29, 0.717) is 42.3 Å². The lowest BCUT2D eigenvalue weighted by atomic mass is 10.1. The number of hydrogen-bond donors (Lipinski definition) is 2. The van der Waals surface area contributed by atoms with E-state index in [9.17, 15) is 9.59 Å². The Balaban J connectivity index is 2.90. The molecule has 1 aromatic rings. The third-order valence-corrected chi connectivity index (χ3v) is 2.74. The second kappa shape index (κ2) is 6.94. The molecule has 0 radical (unpaired) electrons. The van der Waals surface area contributed by atoms with Crippen molar-refractivity contribution in [2.24, 2.45) is 0 Å². The third-order valence-electron chi connectivity index (χ3n) is 2.74. The number of carbonyl (C=O) groups excluding carboxylic acids is 2. The molecule has 0 saturated heterocycles. The van der Waals surface area contributed by atoms with Crippen LogP contribution in [0.3, 0.4) is 0 Å². The zero-order valence-electron chi connectivity index (χ0n) is 11.8. The van der Waals surface area contributed by atoms with Gasteiger partial charge < -0.3 is 19.8 Å². The Morgan fingerprint density at radius 1 is 1.32 bits per heavy atom. The first kappa shape index (κ1) is 15.2. The van der Waals surface area contributed by atoms with Crippen molar-refractivity contribution in [3.05, 3.63) is 22.5 Å². The molecule has 0 atom stereocenters. The van der Waals surface area contributed by atoms with Gasteiger partial charge in [0.2, 0.25) is 0 Å². The van der Waals surface area contributed by atoms with Crippen LogP contribution in [0, 0.1) is 13.8 Å². The van der Waals surface area contributed by atoms with Gasteiger partial charge in [-0.1, -0.05) is 0 Å². The molecule has 0 aliphatic carbocycles. The highest BCUT2D eigenvalue weighted by atomic mass is 16.5. The largest absolute Gasteiger partial charge is 0.461 e. The summed E-state index contributed by atoms with van der Waals surface area (Å²) in [6.45, 7) is 6.38. The molecule has 1 heterocycles. The van der Waals surface area contributed by atoms with Crippen molar-refractivity contribution < 1.29 is 19.1 Å². The lowest BCUT2D eigenvalue weighted by Gasteiger charge is -2.05. The summed E-state index contributed by atoms with van der Waals surface area (Å²) in [5.41, 5.74) is 2.07. The fourth-order valence-corrected chi connectivity index (χ4v) is 1.85. The SMILES string of the molecule is CCOC(=O)c1[nH]c(C)c(C(=O)NCCOC)c1C. The van der Waals surface area contributed by atoms with Crippen LogP contribution >= 0.6 is 0 Å². The van der Waals surface area contributed by atoms with Crippen LogP contribution in [-0.2, 0) is 9.47 Å². The predicted molar refractivity (Wildman–Crippen MR) is 70.4 cm³/mol. The topological polar surface area (TPSA) is 80.4 Å². The van der Waals surface area contributed by atoms with Crippen LogP contribution in [0.5, 0.6) is 0 Å². The summed E-state index contributed by atoms with van der Waals surface area (Å²) in [5, 5.41) is 2.73. The maximum Gasteiger partial charge on any atom is 0.355 e. The zero-order valence-corrected chi connectivity index (χ0v) is 11.8. The van der Waals surface area contributed by atoms with E-state index in [0.717, 1.165) is 0 Å². The van der Waals surface area contributed by atoms with Crippen molar-refractivity contribution in [2.45, 2.75) is 20.8 Å². The minimum atomic E-state index is -0.445. The third kappa shape index (κ3) is 3.57. The molecule has 6 nitrogen and oxygen atoms in total. The highest BCUT2D eigenvalue weighted by Gasteiger charge is 2.22. The summed E-state index contributed by atoms with van der Waals surface area (Å²) < 4.78 is 9.80. The molecule has 1 amide bonds. The molecule has 6 heteroatoms. The summed E-state index contributed by atoms with van der Waals surface area (Å²) in [6, 6.07) is 0. The van der Waals surface area contributed by atoms with E-state index < -0.39 is 5.97 Å². The monoisotopic (exact) mass is 268 g/mol. The van der Waals surface area contributed by atoms with Crippen LogP contribution in [0.25, 0.3) is 0 Å². The molecular formula is C13H20N2O4. The van der Waals surface area contributed by atoms with E-state index in [1.807, 2.05) is 0 Å². The zero-order chi connectivity index (χ0) is 14.4.